The number of esters is 4. The van der Waals surface area contributed by atoms with Crippen LogP contribution < -0.4 is 0 Å². The molecule has 0 aliphatic rings. The van der Waals surface area contributed by atoms with E-state index in [1.165, 1.54) is 180 Å². The molecule has 0 aliphatic heterocycles. The van der Waals surface area contributed by atoms with Crippen molar-refractivity contribution in [2.45, 2.75) is 272 Å². The van der Waals surface area contributed by atoms with E-state index in [2.05, 4.69) is 54.3 Å². The molecule has 0 heterocycles. The minimum absolute atomic E-state index is 0.165. The number of rotatable bonds is 59. The third-order valence-corrected chi connectivity index (χ3v) is 14.7. The summed E-state index contributed by atoms with van der Waals surface area (Å²) in [5, 5.41) is 0. The largest absolute Gasteiger partial charge is 0.469 e. The van der Waals surface area contributed by atoms with Gasteiger partial charge in [-0.05, 0) is 39.3 Å². The summed E-state index contributed by atoms with van der Waals surface area (Å²) in [6.07, 6.45) is 43.8. The summed E-state index contributed by atoms with van der Waals surface area (Å²) in [7, 11) is 3.55. The Balaban J connectivity index is 4.98. The topological polar surface area (TPSA) is 118 Å². The summed E-state index contributed by atoms with van der Waals surface area (Å²) in [4.78, 5) is 59.8. The van der Waals surface area contributed by atoms with Crippen LogP contribution in [0.5, 0.6) is 0 Å². The Morgan fingerprint density at radius 1 is 0.270 bits per heavy atom. The first-order valence-corrected chi connectivity index (χ1v) is 31.6. The van der Waals surface area contributed by atoms with Crippen molar-refractivity contribution in [3.8, 4) is 0 Å². The van der Waals surface area contributed by atoms with Crippen molar-refractivity contribution >= 4 is 23.9 Å². The highest BCUT2D eigenvalue weighted by atomic mass is 16.5. The van der Waals surface area contributed by atoms with Crippen molar-refractivity contribution in [2.75, 3.05) is 106 Å². The summed E-state index contributed by atoms with van der Waals surface area (Å²) in [6.45, 7) is 18.4. The molecule has 0 fully saturated rings. The third kappa shape index (κ3) is 51.8. The minimum atomic E-state index is -0.247. The van der Waals surface area contributed by atoms with Crippen molar-refractivity contribution in [1.29, 1.82) is 0 Å². The zero-order chi connectivity index (χ0) is 54.2. The van der Waals surface area contributed by atoms with Crippen molar-refractivity contribution in [2.24, 2.45) is 0 Å². The number of carbonyl (C=O) groups excluding carboxylic acids is 4. The van der Waals surface area contributed by atoms with Gasteiger partial charge in [-0.25, -0.2) is 0 Å². The van der Waals surface area contributed by atoms with Crippen LogP contribution in [-0.2, 0) is 38.1 Å². The average Bonchev–Trinajstić information content (AvgIpc) is 3.40. The minimum Gasteiger partial charge on any atom is -0.469 e. The zero-order valence-electron chi connectivity index (χ0n) is 49.8. The van der Waals surface area contributed by atoms with Crippen molar-refractivity contribution in [1.82, 2.24) is 19.6 Å². The highest BCUT2D eigenvalue weighted by Crippen LogP contribution is 2.15. The Hall–Kier alpha value is -2.28. The number of carbonyl (C=O) groups is 4. The molecule has 0 amide bonds. The fraction of sp³-hybridized carbons (Fsp3) is 0.935. The summed E-state index contributed by atoms with van der Waals surface area (Å²) in [5.41, 5.74) is 0. The fourth-order valence-electron chi connectivity index (χ4n) is 9.51. The summed E-state index contributed by atoms with van der Waals surface area (Å²) < 4.78 is 21.9. The Morgan fingerprint density at radius 3 is 0.757 bits per heavy atom. The molecular weight excluding hydrogens is 929 g/mol. The van der Waals surface area contributed by atoms with Crippen LogP contribution in [0.15, 0.2) is 0 Å². The predicted molar refractivity (Wildman–Crippen MR) is 310 cm³/mol. The number of nitrogens with zero attached hydrogens (tertiary/aromatic N) is 4. The molecule has 0 atom stereocenters. The molecule has 0 saturated heterocycles. The molecule has 0 unspecified atom stereocenters. The lowest BCUT2D eigenvalue weighted by Crippen LogP contribution is -2.42. The molecule has 0 N–H and O–H groups in total. The summed E-state index contributed by atoms with van der Waals surface area (Å²) in [6, 6.07) is 0. The quantitative estimate of drug-likeness (QED) is 0.0328. The molecule has 0 radical (unpaired) electrons. The van der Waals surface area contributed by atoms with E-state index in [0.717, 1.165) is 90.8 Å². The molecule has 12 nitrogen and oxygen atoms in total. The number of hydrogen-bond acceptors (Lipinski definition) is 12. The van der Waals surface area contributed by atoms with Gasteiger partial charge in [0.1, 0.15) is 0 Å². The van der Waals surface area contributed by atoms with Crippen LogP contribution in [0, 0.1) is 0 Å². The maximum Gasteiger partial charge on any atom is 0.307 e. The lowest BCUT2D eigenvalue weighted by atomic mass is 10.1. The molecule has 0 spiro atoms. The van der Waals surface area contributed by atoms with Gasteiger partial charge in [-0.1, -0.05) is 220 Å². The molecule has 0 aromatic rings. The SMILES string of the molecule is CCCCCCCCCCCCCOC(=O)CCN(CCC(=O)OCCCCCCCCCCCCC)CCN(C)CCN(CCC)CCN(CCC(=O)OC)CCC(=O)OCCCCCCCCCCCCC. The maximum absolute atomic E-state index is 12.9. The lowest BCUT2D eigenvalue weighted by molar-refractivity contribution is -0.145. The molecule has 0 aliphatic carbocycles. The molecule has 74 heavy (non-hydrogen) atoms. The summed E-state index contributed by atoms with van der Waals surface area (Å²) in [5.74, 6) is -0.749. The van der Waals surface area contributed by atoms with E-state index in [-0.39, 0.29) is 30.3 Å². The zero-order valence-corrected chi connectivity index (χ0v) is 49.8. The summed E-state index contributed by atoms with van der Waals surface area (Å²) >= 11 is 0. The molecule has 0 aromatic carbocycles. The fourth-order valence-corrected chi connectivity index (χ4v) is 9.51. The van der Waals surface area contributed by atoms with Gasteiger partial charge in [-0.2, -0.15) is 0 Å². The third-order valence-electron chi connectivity index (χ3n) is 14.7. The van der Waals surface area contributed by atoms with Crippen molar-refractivity contribution in [3.63, 3.8) is 0 Å². The van der Waals surface area contributed by atoms with Crippen LogP contribution in [0.4, 0.5) is 0 Å². The van der Waals surface area contributed by atoms with Crippen LogP contribution >= 0.6 is 0 Å². The van der Waals surface area contributed by atoms with E-state index in [9.17, 15) is 19.2 Å². The first kappa shape index (κ1) is 71.7. The Labute approximate surface area is 457 Å². The van der Waals surface area contributed by atoms with Crippen LogP contribution in [0.1, 0.15) is 272 Å². The van der Waals surface area contributed by atoms with Gasteiger partial charge in [-0.3, -0.25) is 19.2 Å². The van der Waals surface area contributed by atoms with Crippen LogP contribution in [-0.4, -0.2) is 149 Å². The van der Waals surface area contributed by atoms with E-state index in [0.29, 0.717) is 65.3 Å². The molecular formula is C62H122N4O8. The first-order chi connectivity index (χ1) is 36.2. The van der Waals surface area contributed by atoms with Crippen LogP contribution in [0.3, 0.4) is 0 Å². The second-order valence-electron chi connectivity index (χ2n) is 21.7. The molecule has 0 rings (SSSR count). The number of hydrogen-bond donors (Lipinski definition) is 0. The van der Waals surface area contributed by atoms with Crippen LogP contribution in [0.2, 0.25) is 0 Å². The predicted octanol–water partition coefficient (Wildman–Crippen LogP) is 14.5. The number of unbranched alkanes of at least 4 members (excludes halogenated alkanes) is 30. The molecule has 0 aromatic heterocycles. The van der Waals surface area contributed by atoms with Gasteiger partial charge in [-0.15, -0.1) is 0 Å². The number of methoxy groups -OCH3 is 1. The second kappa shape index (κ2) is 56.9. The first-order valence-electron chi connectivity index (χ1n) is 31.6. The van der Waals surface area contributed by atoms with E-state index in [4.69, 9.17) is 18.9 Å². The smallest absolute Gasteiger partial charge is 0.307 e. The van der Waals surface area contributed by atoms with E-state index in [1.54, 1.807) is 0 Å². The van der Waals surface area contributed by atoms with Crippen molar-refractivity contribution < 1.29 is 38.1 Å². The standard InChI is InChI=1S/C62H122N4O8/c1-7-11-14-17-20-23-26-29-32-35-38-56-72-60(68)42-47-65(48-43-61(69)73-57-39-36-33-30-27-24-21-18-15-12-8-2)53-51-63(5)50-52-64(45-10-4)54-55-66(46-41-59(67)71-6)49-44-62(70)74-58-40-37-34-31-28-25-22-19-16-13-9-3/h7-58H2,1-6H3. The highest BCUT2D eigenvalue weighted by molar-refractivity contribution is 5.70. The van der Waals surface area contributed by atoms with Gasteiger partial charge in [0, 0.05) is 65.4 Å². The highest BCUT2D eigenvalue weighted by Gasteiger charge is 2.17. The van der Waals surface area contributed by atoms with E-state index in [1.807, 2.05) is 0 Å². The molecule has 0 bridgehead atoms. The molecule has 12 heteroatoms. The maximum atomic E-state index is 12.9. The van der Waals surface area contributed by atoms with Crippen molar-refractivity contribution in [3.05, 3.63) is 0 Å². The normalized spacial score (nSPS) is 11.6. The number of ether oxygens (including phenoxy) is 4. The van der Waals surface area contributed by atoms with Gasteiger partial charge in [0.25, 0.3) is 0 Å². The monoisotopic (exact) mass is 1050 g/mol. The molecule has 0 saturated carbocycles. The second-order valence-corrected chi connectivity index (χ2v) is 21.7. The van der Waals surface area contributed by atoms with E-state index >= 15 is 0 Å². The Morgan fingerprint density at radius 2 is 0.500 bits per heavy atom. The van der Waals surface area contributed by atoms with Crippen LogP contribution in [0.25, 0.3) is 0 Å². The van der Waals surface area contributed by atoms with Gasteiger partial charge < -0.3 is 38.5 Å². The van der Waals surface area contributed by atoms with E-state index < -0.39 is 0 Å². The lowest BCUT2D eigenvalue weighted by Gasteiger charge is -2.29. The average molecular weight is 1050 g/mol. The Bertz CT molecular complexity index is 1200. The van der Waals surface area contributed by atoms with Gasteiger partial charge in [0.15, 0.2) is 0 Å². The van der Waals surface area contributed by atoms with Gasteiger partial charge in [0.2, 0.25) is 0 Å². The Kier molecular flexibility index (Phi) is 55.2. The number of likely N-dealkylation sites (N-methyl/N-ethyl adjacent to an activating group) is 1. The van der Waals surface area contributed by atoms with Gasteiger partial charge >= 0.3 is 23.9 Å². The van der Waals surface area contributed by atoms with Gasteiger partial charge in [0.05, 0.1) is 52.6 Å². The molecule has 438 valence electrons.